The van der Waals surface area contributed by atoms with E-state index in [9.17, 15) is 17.2 Å². The average molecular weight is 406 g/mol. The molecule has 28 heavy (non-hydrogen) atoms. The highest BCUT2D eigenvalue weighted by molar-refractivity contribution is 7.89. The molecule has 1 aromatic heterocycles. The molecule has 2 aromatic carbocycles. The Kier molecular flexibility index (Phi) is 5.38. The summed E-state index contributed by atoms with van der Waals surface area (Å²) < 4.78 is 51.7. The van der Waals surface area contributed by atoms with Crippen LogP contribution in [0.25, 0.3) is 0 Å². The van der Waals surface area contributed by atoms with Gasteiger partial charge in [0.2, 0.25) is 0 Å². The molecule has 8 nitrogen and oxygen atoms in total. The summed E-state index contributed by atoms with van der Waals surface area (Å²) in [6, 6.07) is 9.06. The number of nitrogens with zero attached hydrogens (tertiary/aromatic N) is 2. The molecule has 0 amide bonds. The quantitative estimate of drug-likeness (QED) is 0.464. The Morgan fingerprint density at radius 1 is 1.00 bits per heavy atom. The van der Waals surface area contributed by atoms with Crippen molar-refractivity contribution in [2.75, 3.05) is 16.5 Å². The van der Waals surface area contributed by atoms with Crippen LogP contribution in [0.2, 0.25) is 0 Å². The van der Waals surface area contributed by atoms with E-state index in [1.165, 1.54) is 12.1 Å². The van der Waals surface area contributed by atoms with Crippen molar-refractivity contribution in [3.05, 3.63) is 66.0 Å². The number of benzene rings is 2. The van der Waals surface area contributed by atoms with Gasteiger partial charge in [-0.2, -0.15) is 0 Å². The Morgan fingerprint density at radius 3 is 2.39 bits per heavy atom. The van der Waals surface area contributed by atoms with Gasteiger partial charge in [-0.05, 0) is 31.2 Å². The summed E-state index contributed by atoms with van der Waals surface area (Å²) in [5.74, 6) is -1.46. The molecule has 3 rings (SSSR count). The molecule has 0 atom stereocenters. The summed E-state index contributed by atoms with van der Waals surface area (Å²) in [4.78, 5) is 9.91. The molecular formula is C17H16F2N6O2S. The van der Waals surface area contributed by atoms with Crippen molar-refractivity contribution in [2.24, 2.45) is 0 Å². The molecule has 5 N–H and O–H groups in total. The van der Waals surface area contributed by atoms with Crippen molar-refractivity contribution in [3.63, 3.8) is 0 Å². The maximum Gasteiger partial charge on any atom is 0.257 e. The number of aromatic nitrogens is 2. The first-order valence-electron chi connectivity index (χ1n) is 7.93. The third-order valence-electron chi connectivity index (χ3n) is 3.70. The number of nitrogens with one attached hydrogen (secondary N) is 3. The highest BCUT2D eigenvalue weighted by Gasteiger charge is 2.16. The predicted octanol–water partition coefficient (Wildman–Crippen LogP) is 2.69. The van der Waals surface area contributed by atoms with E-state index in [0.717, 1.165) is 30.1 Å². The van der Waals surface area contributed by atoms with Crippen molar-refractivity contribution < 1.29 is 17.2 Å². The molecule has 3 aromatic rings. The first kappa shape index (κ1) is 19.5. The lowest BCUT2D eigenvalue weighted by atomic mass is 10.2. The molecule has 146 valence electrons. The van der Waals surface area contributed by atoms with Crippen LogP contribution < -0.4 is 21.3 Å². The standard InChI is InChI=1S/C17H16F2N6O2S/c1-10-2-5-12(6-3-10)28(26,27)25-24-17-15(20)16(21-9-22-17)23-14-8-11(18)4-7-13(14)19/h2-9,25H,20H2,1H3,(H2,21,22,23,24). The fourth-order valence-corrected chi connectivity index (χ4v) is 3.05. The van der Waals surface area contributed by atoms with Crippen LogP contribution in [0.4, 0.5) is 31.8 Å². The van der Waals surface area contributed by atoms with Gasteiger partial charge in [-0.3, -0.25) is 5.43 Å². The Bertz CT molecular complexity index is 1110. The fourth-order valence-electron chi connectivity index (χ4n) is 2.21. The summed E-state index contributed by atoms with van der Waals surface area (Å²) in [6.07, 6.45) is 1.08. The van der Waals surface area contributed by atoms with Crippen LogP contribution in [0, 0.1) is 18.6 Å². The number of hydrogen-bond acceptors (Lipinski definition) is 7. The molecule has 1 heterocycles. The van der Waals surface area contributed by atoms with E-state index in [1.54, 1.807) is 12.1 Å². The summed E-state index contributed by atoms with van der Waals surface area (Å²) in [5, 5.41) is 2.55. The zero-order chi connectivity index (χ0) is 20.3. The molecule has 11 heteroatoms. The lowest BCUT2D eigenvalue weighted by molar-refractivity contribution is 0.587. The van der Waals surface area contributed by atoms with Gasteiger partial charge in [0.1, 0.15) is 23.6 Å². The van der Waals surface area contributed by atoms with Crippen molar-refractivity contribution in [1.82, 2.24) is 14.8 Å². The number of anilines is 4. The van der Waals surface area contributed by atoms with Gasteiger partial charge in [-0.25, -0.2) is 27.2 Å². The number of halogens is 2. The number of aryl methyl sites for hydroxylation is 1. The van der Waals surface area contributed by atoms with E-state index >= 15 is 0 Å². The van der Waals surface area contributed by atoms with Crippen molar-refractivity contribution in [3.8, 4) is 0 Å². The minimum Gasteiger partial charge on any atom is -0.393 e. The second-order valence-corrected chi connectivity index (χ2v) is 7.46. The lowest BCUT2D eigenvalue weighted by Gasteiger charge is -2.14. The SMILES string of the molecule is Cc1ccc(S(=O)(=O)NNc2ncnc(Nc3cc(F)ccc3F)c2N)cc1. The third-order valence-corrected chi connectivity index (χ3v) is 4.96. The normalized spacial score (nSPS) is 11.2. The van der Waals surface area contributed by atoms with Crippen LogP contribution in [-0.4, -0.2) is 18.4 Å². The summed E-state index contributed by atoms with van der Waals surface area (Å²) in [6.45, 7) is 1.83. The first-order chi connectivity index (χ1) is 13.3. The van der Waals surface area contributed by atoms with Gasteiger partial charge in [-0.1, -0.05) is 17.7 Å². The van der Waals surface area contributed by atoms with E-state index in [1.807, 2.05) is 6.92 Å². The van der Waals surface area contributed by atoms with Gasteiger partial charge in [-0.15, -0.1) is 4.83 Å². The highest BCUT2D eigenvalue weighted by atomic mass is 32.2. The van der Waals surface area contributed by atoms with E-state index < -0.39 is 21.7 Å². The van der Waals surface area contributed by atoms with Crippen molar-refractivity contribution >= 4 is 33.0 Å². The van der Waals surface area contributed by atoms with Gasteiger partial charge in [0.05, 0.1) is 10.6 Å². The number of rotatable bonds is 6. The second-order valence-electron chi connectivity index (χ2n) is 5.78. The maximum absolute atomic E-state index is 13.8. The van der Waals surface area contributed by atoms with Crippen LogP contribution >= 0.6 is 0 Å². The zero-order valence-corrected chi connectivity index (χ0v) is 15.4. The number of hydrogen-bond donors (Lipinski definition) is 4. The number of sulfonamides is 1. The largest absolute Gasteiger partial charge is 0.393 e. The first-order valence-corrected chi connectivity index (χ1v) is 9.41. The minimum absolute atomic E-state index is 0.0310. The number of hydrazine groups is 1. The molecule has 0 bridgehead atoms. The summed E-state index contributed by atoms with van der Waals surface area (Å²) in [7, 11) is -3.88. The van der Waals surface area contributed by atoms with Crippen LogP contribution in [0.5, 0.6) is 0 Å². The van der Waals surface area contributed by atoms with E-state index in [4.69, 9.17) is 5.73 Å². The van der Waals surface area contributed by atoms with Gasteiger partial charge in [0, 0.05) is 6.07 Å². The van der Waals surface area contributed by atoms with Gasteiger partial charge in [0.15, 0.2) is 11.6 Å². The zero-order valence-electron chi connectivity index (χ0n) is 14.6. The Balaban J connectivity index is 1.79. The predicted molar refractivity (Wildman–Crippen MR) is 101 cm³/mol. The fraction of sp³-hybridized carbons (Fsp3) is 0.0588. The monoisotopic (exact) mass is 406 g/mol. The average Bonchev–Trinajstić information content (AvgIpc) is 2.66. The van der Waals surface area contributed by atoms with Crippen molar-refractivity contribution in [2.45, 2.75) is 11.8 Å². The van der Waals surface area contributed by atoms with E-state index in [2.05, 4.69) is 25.5 Å². The summed E-state index contributed by atoms with van der Waals surface area (Å²) in [5.41, 5.74) is 8.93. The van der Waals surface area contributed by atoms with Gasteiger partial charge >= 0.3 is 0 Å². The molecule has 0 aliphatic heterocycles. The molecule has 0 fully saturated rings. The number of nitrogen functional groups attached to an aromatic ring is 1. The third kappa shape index (κ3) is 4.32. The molecule has 0 spiro atoms. The molecule has 0 radical (unpaired) electrons. The molecule has 0 saturated heterocycles. The van der Waals surface area contributed by atoms with E-state index in [0.29, 0.717) is 0 Å². The van der Waals surface area contributed by atoms with Gasteiger partial charge in [0.25, 0.3) is 10.0 Å². The van der Waals surface area contributed by atoms with Crippen LogP contribution in [0.3, 0.4) is 0 Å². The molecule has 0 aliphatic carbocycles. The topological polar surface area (TPSA) is 122 Å². The molecular weight excluding hydrogens is 390 g/mol. The molecule has 0 unspecified atom stereocenters. The van der Waals surface area contributed by atoms with Gasteiger partial charge < -0.3 is 11.1 Å². The molecule has 0 aliphatic rings. The molecule has 0 saturated carbocycles. The second kappa shape index (κ2) is 7.74. The minimum atomic E-state index is -3.88. The smallest absolute Gasteiger partial charge is 0.257 e. The van der Waals surface area contributed by atoms with Crippen LogP contribution in [0.1, 0.15) is 5.56 Å². The Morgan fingerprint density at radius 2 is 1.68 bits per heavy atom. The lowest BCUT2D eigenvalue weighted by Crippen LogP contribution is -2.30. The summed E-state index contributed by atoms with van der Waals surface area (Å²) >= 11 is 0. The number of nitrogens with two attached hydrogens (primary N) is 1. The Labute approximate surface area is 159 Å². The van der Waals surface area contributed by atoms with E-state index in [-0.39, 0.29) is 27.9 Å². The van der Waals surface area contributed by atoms with Crippen LogP contribution in [-0.2, 0) is 10.0 Å². The van der Waals surface area contributed by atoms with Crippen molar-refractivity contribution in [1.29, 1.82) is 0 Å². The highest BCUT2D eigenvalue weighted by Crippen LogP contribution is 2.27. The van der Waals surface area contributed by atoms with Crippen LogP contribution in [0.15, 0.2) is 53.7 Å². The maximum atomic E-state index is 13.8. The Hall–Kier alpha value is -3.31.